The fourth-order valence-electron chi connectivity index (χ4n) is 3.81. The molecular formula is C23H25N3O5. The summed E-state index contributed by atoms with van der Waals surface area (Å²) in [4.78, 5) is 25.7. The van der Waals surface area contributed by atoms with Crippen molar-refractivity contribution < 1.29 is 23.8 Å². The van der Waals surface area contributed by atoms with Crippen LogP contribution in [0.4, 0.5) is 4.79 Å². The normalized spacial score (nSPS) is 22.5. The van der Waals surface area contributed by atoms with Gasteiger partial charge in [-0.1, -0.05) is 12.1 Å². The third-order valence-corrected chi connectivity index (χ3v) is 5.48. The molecule has 3 amide bonds. The maximum absolute atomic E-state index is 13.1. The van der Waals surface area contributed by atoms with Gasteiger partial charge in [-0.3, -0.25) is 4.79 Å². The number of amides is 3. The van der Waals surface area contributed by atoms with Crippen LogP contribution in [0.3, 0.4) is 0 Å². The van der Waals surface area contributed by atoms with Crippen molar-refractivity contribution in [2.45, 2.75) is 38.8 Å². The largest absolute Gasteiger partial charge is 0.497 e. The highest BCUT2D eigenvalue weighted by atomic mass is 16.5. The van der Waals surface area contributed by atoms with Gasteiger partial charge >= 0.3 is 6.03 Å². The Hall–Kier alpha value is -3.55. The molecule has 0 aliphatic carbocycles. The van der Waals surface area contributed by atoms with Crippen LogP contribution in [0.1, 0.15) is 37.5 Å². The predicted octanol–water partition coefficient (Wildman–Crippen LogP) is 3.22. The lowest BCUT2D eigenvalue weighted by molar-refractivity contribution is -0.131. The molecule has 31 heavy (non-hydrogen) atoms. The number of carbonyl (C=O) groups excluding carboxylic acids is 2. The average Bonchev–Trinajstić information content (AvgIpc) is 3.22. The first-order valence-corrected chi connectivity index (χ1v) is 10.2. The molecule has 2 aromatic rings. The van der Waals surface area contributed by atoms with Crippen LogP contribution in [0.5, 0.6) is 17.2 Å². The van der Waals surface area contributed by atoms with E-state index < -0.39 is 17.5 Å². The molecule has 4 rings (SSSR count). The minimum absolute atomic E-state index is 0.0906. The zero-order chi connectivity index (χ0) is 22.2. The molecule has 1 fully saturated rings. The molecule has 2 aliphatic rings. The van der Waals surface area contributed by atoms with Crippen molar-refractivity contribution in [3.63, 3.8) is 0 Å². The number of hydrogen-bond acceptors (Lipinski definition) is 6. The summed E-state index contributed by atoms with van der Waals surface area (Å²) in [5, 5.41) is 7.76. The molecule has 8 heteroatoms. The molecule has 1 N–H and O–H groups in total. The molecule has 162 valence electrons. The van der Waals surface area contributed by atoms with Gasteiger partial charge in [-0.25, -0.2) is 4.79 Å². The number of rotatable bonds is 6. The number of nitrogens with one attached hydrogen (secondary N) is 1. The number of hydrazone groups is 1. The minimum atomic E-state index is -1.22. The van der Waals surface area contributed by atoms with Crippen molar-refractivity contribution in [3.8, 4) is 17.2 Å². The first-order chi connectivity index (χ1) is 14.9. The molecule has 2 aromatic carbocycles. The molecule has 0 spiro atoms. The molecule has 2 aliphatic heterocycles. The quantitative estimate of drug-likeness (QED) is 0.569. The first-order valence-electron chi connectivity index (χ1n) is 10.2. The summed E-state index contributed by atoms with van der Waals surface area (Å²) in [5.41, 5.74) is 1.11. The van der Waals surface area contributed by atoms with E-state index in [-0.39, 0.29) is 6.10 Å². The summed E-state index contributed by atoms with van der Waals surface area (Å²) < 4.78 is 16.7. The van der Waals surface area contributed by atoms with Gasteiger partial charge in [0.15, 0.2) is 0 Å². The van der Waals surface area contributed by atoms with Gasteiger partial charge in [-0.15, -0.1) is 5.01 Å². The number of methoxy groups -OCH3 is 1. The Balaban J connectivity index is 1.61. The van der Waals surface area contributed by atoms with E-state index in [0.717, 1.165) is 22.7 Å². The highest BCUT2D eigenvalue weighted by molar-refractivity contribution is 6.07. The summed E-state index contributed by atoms with van der Waals surface area (Å²) >= 11 is 0. The third kappa shape index (κ3) is 3.69. The smallest absolute Gasteiger partial charge is 0.346 e. The molecule has 2 heterocycles. The summed E-state index contributed by atoms with van der Waals surface area (Å²) in [5.74, 6) is 1.59. The van der Waals surface area contributed by atoms with Crippen LogP contribution < -0.4 is 19.5 Å². The number of ether oxygens (including phenoxy) is 3. The van der Waals surface area contributed by atoms with E-state index in [1.165, 1.54) is 6.21 Å². The maximum atomic E-state index is 13.1. The Bertz CT molecular complexity index is 1050. The highest BCUT2D eigenvalue weighted by Crippen LogP contribution is 2.35. The number of urea groups is 1. The summed E-state index contributed by atoms with van der Waals surface area (Å²) in [6.07, 6.45) is 2.35. The van der Waals surface area contributed by atoms with E-state index in [0.29, 0.717) is 29.2 Å². The van der Waals surface area contributed by atoms with E-state index in [9.17, 15) is 9.59 Å². The van der Waals surface area contributed by atoms with E-state index in [2.05, 4.69) is 10.4 Å². The number of benzene rings is 2. The molecule has 0 unspecified atom stereocenters. The van der Waals surface area contributed by atoms with Crippen molar-refractivity contribution in [1.29, 1.82) is 0 Å². The fourth-order valence-corrected chi connectivity index (χ4v) is 3.81. The highest BCUT2D eigenvalue weighted by Gasteiger charge is 2.49. The Labute approximate surface area is 180 Å². The Morgan fingerprint density at radius 3 is 2.71 bits per heavy atom. The zero-order valence-electron chi connectivity index (χ0n) is 18.0. The van der Waals surface area contributed by atoms with Crippen LogP contribution in [0.2, 0.25) is 0 Å². The second kappa shape index (κ2) is 7.94. The van der Waals surface area contributed by atoms with E-state index in [1.807, 2.05) is 26.0 Å². The summed E-state index contributed by atoms with van der Waals surface area (Å²) in [6, 6.07) is 10.1. The number of imide groups is 1. The second-order valence-electron chi connectivity index (χ2n) is 7.71. The van der Waals surface area contributed by atoms with Crippen molar-refractivity contribution in [2.75, 3.05) is 13.7 Å². The van der Waals surface area contributed by atoms with Gasteiger partial charge in [0, 0.05) is 17.5 Å². The van der Waals surface area contributed by atoms with Gasteiger partial charge < -0.3 is 19.5 Å². The van der Waals surface area contributed by atoms with E-state index >= 15 is 0 Å². The summed E-state index contributed by atoms with van der Waals surface area (Å²) in [6.45, 7) is 6.03. The lowest BCUT2D eigenvalue weighted by atomic mass is 9.92. The van der Waals surface area contributed by atoms with Crippen LogP contribution in [0, 0.1) is 0 Å². The lowest BCUT2D eigenvalue weighted by Gasteiger charge is -2.21. The van der Waals surface area contributed by atoms with E-state index in [1.54, 1.807) is 38.3 Å². The van der Waals surface area contributed by atoms with Gasteiger partial charge in [0.05, 0.1) is 19.9 Å². The van der Waals surface area contributed by atoms with Crippen LogP contribution >= 0.6 is 0 Å². The molecule has 2 atom stereocenters. The van der Waals surface area contributed by atoms with Crippen LogP contribution in [-0.2, 0) is 16.8 Å². The Morgan fingerprint density at radius 1 is 1.29 bits per heavy atom. The molecule has 1 saturated heterocycles. The second-order valence-corrected chi connectivity index (χ2v) is 7.71. The maximum Gasteiger partial charge on any atom is 0.346 e. The zero-order valence-corrected chi connectivity index (χ0v) is 18.0. The third-order valence-electron chi connectivity index (χ3n) is 5.48. The molecule has 0 bridgehead atoms. The predicted molar refractivity (Wildman–Crippen MR) is 115 cm³/mol. The van der Waals surface area contributed by atoms with Crippen LogP contribution in [0.25, 0.3) is 0 Å². The monoisotopic (exact) mass is 423 g/mol. The molecule has 8 nitrogen and oxygen atoms in total. The number of hydrogen-bond donors (Lipinski definition) is 1. The van der Waals surface area contributed by atoms with Gasteiger partial charge in [0.1, 0.15) is 28.9 Å². The molecule has 0 saturated carbocycles. The summed E-state index contributed by atoms with van der Waals surface area (Å²) in [7, 11) is 1.57. The SMILES string of the molecule is CCOc1cc2c(cc1/C=N\N1C(=O)N[C@@](C)(c3ccc(OC)cc3)C1=O)O[C@H](C)C2. The molecule has 0 aromatic heterocycles. The van der Waals surface area contributed by atoms with Gasteiger partial charge in [0.25, 0.3) is 5.91 Å². The fraction of sp³-hybridized carbons (Fsp3) is 0.348. The average molecular weight is 423 g/mol. The van der Waals surface area contributed by atoms with Crippen LogP contribution in [-0.4, -0.2) is 43.0 Å². The van der Waals surface area contributed by atoms with E-state index in [4.69, 9.17) is 14.2 Å². The topological polar surface area (TPSA) is 89.5 Å². The van der Waals surface area contributed by atoms with Gasteiger partial charge in [0.2, 0.25) is 0 Å². The minimum Gasteiger partial charge on any atom is -0.497 e. The van der Waals surface area contributed by atoms with Crippen molar-refractivity contribution in [2.24, 2.45) is 5.10 Å². The lowest BCUT2D eigenvalue weighted by Crippen LogP contribution is -2.40. The molecular weight excluding hydrogens is 398 g/mol. The standard InChI is InChI=1S/C23H25N3O5/c1-5-30-19-11-15-10-14(2)31-20(15)12-16(19)13-24-26-21(27)23(3,25-22(26)28)17-6-8-18(29-4)9-7-17/h6-9,11-14H,5,10H2,1-4H3,(H,25,28)/b24-13-/t14-,23+/m1/s1. The first kappa shape index (κ1) is 20.7. The van der Waals surface area contributed by atoms with Crippen LogP contribution in [0.15, 0.2) is 41.5 Å². The number of carbonyl (C=O) groups is 2. The number of nitrogens with zero attached hydrogens (tertiary/aromatic N) is 2. The van der Waals surface area contributed by atoms with Crippen molar-refractivity contribution in [1.82, 2.24) is 10.3 Å². The Morgan fingerprint density at radius 2 is 2.03 bits per heavy atom. The van der Waals surface area contributed by atoms with Crippen molar-refractivity contribution in [3.05, 3.63) is 53.1 Å². The molecule has 0 radical (unpaired) electrons. The Kier molecular flexibility index (Phi) is 5.31. The number of fused-ring (bicyclic) bond motifs is 1. The van der Waals surface area contributed by atoms with Gasteiger partial charge in [-0.2, -0.15) is 5.10 Å². The van der Waals surface area contributed by atoms with Crippen molar-refractivity contribution >= 4 is 18.2 Å². The van der Waals surface area contributed by atoms with Gasteiger partial charge in [-0.05, 0) is 50.6 Å².